The molecule has 0 aliphatic heterocycles. The van der Waals surface area contributed by atoms with Crippen molar-refractivity contribution in [1.82, 2.24) is 14.5 Å². The van der Waals surface area contributed by atoms with E-state index in [-0.39, 0.29) is 5.69 Å². The highest BCUT2D eigenvalue weighted by Gasteiger charge is 2.10. The van der Waals surface area contributed by atoms with Gasteiger partial charge in [0.05, 0.1) is 9.50 Å². The Morgan fingerprint density at radius 1 is 1.50 bits per heavy atom. The van der Waals surface area contributed by atoms with Crippen LogP contribution < -0.4 is 0 Å². The molecular weight excluding hydrogens is 297 g/mol. The fraction of sp³-hybridized carbons (Fsp3) is 0. The van der Waals surface area contributed by atoms with Gasteiger partial charge in [0.15, 0.2) is 11.5 Å². The summed E-state index contributed by atoms with van der Waals surface area (Å²) in [5, 5.41) is 9.22. The van der Waals surface area contributed by atoms with Crippen LogP contribution >= 0.6 is 27.5 Å². The zero-order chi connectivity index (χ0) is 11.7. The van der Waals surface area contributed by atoms with E-state index in [0.717, 1.165) is 0 Å². The van der Waals surface area contributed by atoms with E-state index in [1.165, 1.54) is 23.3 Å². The van der Waals surface area contributed by atoms with Crippen LogP contribution in [0, 0.1) is 0 Å². The predicted octanol–water partition coefficient (Wildman–Crippen LogP) is 2.38. The molecule has 82 valence electrons. The summed E-state index contributed by atoms with van der Waals surface area (Å²) in [6.07, 6.45) is 4.23. The smallest absolute Gasteiger partial charge is 0.356 e. The zero-order valence-electron chi connectivity index (χ0n) is 7.76. The molecule has 0 unspecified atom stereocenters. The SMILES string of the molecule is O=C(O)c1cn(-c2ncc(Cl)cc2Br)cn1. The monoisotopic (exact) mass is 301 g/mol. The Morgan fingerprint density at radius 3 is 2.81 bits per heavy atom. The molecule has 2 heterocycles. The van der Waals surface area contributed by atoms with Gasteiger partial charge in [0.25, 0.3) is 0 Å². The first-order chi connectivity index (χ1) is 7.58. The molecule has 0 spiro atoms. The molecule has 0 aliphatic carbocycles. The van der Waals surface area contributed by atoms with E-state index < -0.39 is 5.97 Å². The Morgan fingerprint density at radius 2 is 2.25 bits per heavy atom. The summed E-state index contributed by atoms with van der Waals surface area (Å²) in [5.41, 5.74) is -0.0383. The molecule has 0 saturated carbocycles. The predicted molar refractivity (Wildman–Crippen MR) is 61.0 cm³/mol. The van der Waals surface area contributed by atoms with Crippen molar-refractivity contribution in [3.05, 3.63) is 40.0 Å². The highest BCUT2D eigenvalue weighted by molar-refractivity contribution is 9.10. The van der Waals surface area contributed by atoms with Crippen LogP contribution in [0.15, 0.2) is 29.3 Å². The number of halogens is 2. The summed E-state index contributed by atoms with van der Waals surface area (Å²) in [5.74, 6) is -0.548. The number of hydrogen-bond donors (Lipinski definition) is 1. The summed E-state index contributed by atoms with van der Waals surface area (Å²) < 4.78 is 2.17. The number of pyridine rings is 1. The van der Waals surface area contributed by atoms with Gasteiger partial charge in [-0.3, -0.25) is 4.57 Å². The molecule has 0 bridgehead atoms. The molecule has 0 aromatic carbocycles. The van der Waals surface area contributed by atoms with Gasteiger partial charge < -0.3 is 5.11 Å². The van der Waals surface area contributed by atoms with Gasteiger partial charge in [0.1, 0.15) is 6.33 Å². The largest absolute Gasteiger partial charge is 0.476 e. The molecule has 0 fully saturated rings. The third-order valence-corrected chi connectivity index (χ3v) is 2.62. The number of imidazole rings is 1. The van der Waals surface area contributed by atoms with Crippen molar-refractivity contribution < 1.29 is 9.90 Å². The molecule has 0 saturated heterocycles. The molecule has 2 rings (SSSR count). The van der Waals surface area contributed by atoms with Crippen molar-refractivity contribution in [2.24, 2.45) is 0 Å². The van der Waals surface area contributed by atoms with Gasteiger partial charge in [-0.05, 0) is 22.0 Å². The number of hydrogen-bond acceptors (Lipinski definition) is 3. The van der Waals surface area contributed by atoms with Crippen LogP contribution in [-0.2, 0) is 0 Å². The summed E-state index contributed by atoms with van der Waals surface area (Å²) in [7, 11) is 0. The molecule has 0 aliphatic rings. The molecule has 16 heavy (non-hydrogen) atoms. The number of rotatable bonds is 2. The maximum Gasteiger partial charge on any atom is 0.356 e. The molecule has 2 aromatic heterocycles. The van der Waals surface area contributed by atoms with Gasteiger partial charge in [-0.2, -0.15) is 0 Å². The Balaban J connectivity index is 2.46. The van der Waals surface area contributed by atoms with Crippen LogP contribution in [0.25, 0.3) is 5.82 Å². The van der Waals surface area contributed by atoms with Crippen molar-refractivity contribution in [3.8, 4) is 5.82 Å². The Hall–Kier alpha value is -1.40. The van der Waals surface area contributed by atoms with E-state index in [4.69, 9.17) is 16.7 Å². The van der Waals surface area contributed by atoms with Crippen molar-refractivity contribution in [1.29, 1.82) is 0 Å². The first-order valence-electron chi connectivity index (χ1n) is 4.16. The number of aromatic carboxylic acids is 1. The fourth-order valence-corrected chi connectivity index (χ4v) is 1.99. The Bertz CT molecular complexity index is 555. The van der Waals surface area contributed by atoms with Gasteiger partial charge >= 0.3 is 5.97 Å². The lowest BCUT2D eigenvalue weighted by Gasteiger charge is -2.03. The Labute approximate surface area is 104 Å². The van der Waals surface area contributed by atoms with Gasteiger partial charge in [0, 0.05) is 12.4 Å². The highest BCUT2D eigenvalue weighted by atomic mass is 79.9. The standard InChI is InChI=1S/C9H5BrClN3O2/c10-6-1-5(11)2-12-8(6)14-3-7(9(15)16)13-4-14/h1-4H,(H,15,16). The third-order valence-electron chi connectivity index (χ3n) is 1.83. The van der Waals surface area contributed by atoms with Gasteiger partial charge in [-0.25, -0.2) is 14.8 Å². The van der Waals surface area contributed by atoms with Crippen LogP contribution in [0.1, 0.15) is 10.5 Å². The molecule has 7 heteroatoms. The summed E-state index contributed by atoms with van der Waals surface area (Å²) in [4.78, 5) is 18.5. The second-order valence-electron chi connectivity index (χ2n) is 2.93. The van der Waals surface area contributed by atoms with Crippen LogP contribution in [0.2, 0.25) is 5.02 Å². The highest BCUT2D eigenvalue weighted by Crippen LogP contribution is 2.22. The first kappa shape index (κ1) is 11.1. The average molecular weight is 303 g/mol. The van der Waals surface area contributed by atoms with Gasteiger partial charge in [-0.15, -0.1) is 0 Å². The van der Waals surface area contributed by atoms with Crippen molar-refractivity contribution in [2.75, 3.05) is 0 Å². The fourth-order valence-electron chi connectivity index (χ4n) is 1.15. The molecule has 0 amide bonds. The minimum absolute atomic E-state index is 0.0383. The Kier molecular flexibility index (Phi) is 2.93. The topological polar surface area (TPSA) is 68.0 Å². The van der Waals surface area contributed by atoms with Crippen molar-refractivity contribution in [3.63, 3.8) is 0 Å². The first-order valence-corrected chi connectivity index (χ1v) is 5.33. The van der Waals surface area contributed by atoms with E-state index in [1.807, 2.05) is 0 Å². The molecular formula is C9H5BrClN3O2. The third kappa shape index (κ3) is 2.07. The lowest BCUT2D eigenvalue weighted by molar-refractivity contribution is 0.0691. The lowest BCUT2D eigenvalue weighted by atomic mass is 10.4. The lowest BCUT2D eigenvalue weighted by Crippen LogP contribution is -1.97. The second kappa shape index (κ2) is 4.23. The summed E-state index contributed by atoms with van der Waals surface area (Å²) in [6.45, 7) is 0. The van der Waals surface area contributed by atoms with Crippen molar-refractivity contribution in [2.45, 2.75) is 0 Å². The van der Waals surface area contributed by atoms with E-state index in [9.17, 15) is 4.79 Å². The maximum atomic E-state index is 10.7. The minimum Gasteiger partial charge on any atom is -0.476 e. The van der Waals surface area contributed by atoms with E-state index in [1.54, 1.807) is 6.07 Å². The molecule has 2 aromatic rings. The zero-order valence-corrected chi connectivity index (χ0v) is 10.1. The summed E-state index contributed by atoms with van der Waals surface area (Å²) >= 11 is 9.04. The van der Waals surface area contributed by atoms with Crippen molar-refractivity contribution >= 4 is 33.5 Å². The number of aromatic nitrogens is 3. The van der Waals surface area contributed by atoms with Crippen LogP contribution in [0.3, 0.4) is 0 Å². The van der Waals surface area contributed by atoms with Gasteiger partial charge in [0.2, 0.25) is 0 Å². The number of carbonyl (C=O) groups is 1. The average Bonchev–Trinajstić information content (AvgIpc) is 2.66. The van der Waals surface area contributed by atoms with Crippen LogP contribution in [-0.4, -0.2) is 25.6 Å². The molecule has 1 N–H and O–H groups in total. The number of carboxylic acids is 1. The van der Waals surface area contributed by atoms with E-state index in [0.29, 0.717) is 15.3 Å². The number of nitrogens with zero attached hydrogens (tertiary/aromatic N) is 3. The van der Waals surface area contributed by atoms with E-state index >= 15 is 0 Å². The quantitative estimate of drug-likeness (QED) is 0.925. The molecule has 0 atom stereocenters. The second-order valence-corrected chi connectivity index (χ2v) is 4.22. The molecule has 0 radical (unpaired) electrons. The van der Waals surface area contributed by atoms with E-state index in [2.05, 4.69) is 25.9 Å². The number of carboxylic acid groups (broad SMARTS) is 1. The molecule has 5 nitrogen and oxygen atoms in total. The summed E-state index contributed by atoms with van der Waals surface area (Å²) in [6, 6.07) is 1.67. The normalized spacial score (nSPS) is 10.4. The van der Waals surface area contributed by atoms with Crippen LogP contribution in [0.4, 0.5) is 0 Å². The van der Waals surface area contributed by atoms with Gasteiger partial charge in [-0.1, -0.05) is 11.6 Å². The minimum atomic E-state index is -1.08. The maximum absolute atomic E-state index is 10.7. The van der Waals surface area contributed by atoms with Crippen LogP contribution in [0.5, 0.6) is 0 Å².